The number of hydrogen-bond acceptors (Lipinski definition) is 6. The first kappa shape index (κ1) is 22.5. The Balaban J connectivity index is 1.45. The number of nitrogens with zero attached hydrogens (tertiary/aromatic N) is 4. The number of aryl methyl sites for hydroxylation is 1. The minimum atomic E-state index is -0.0208. The van der Waals surface area contributed by atoms with E-state index in [1.54, 1.807) is 6.26 Å². The van der Waals surface area contributed by atoms with Gasteiger partial charge in [0, 0.05) is 19.6 Å². The van der Waals surface area contributed by atoms with Crippen molar-refractivity contribution >= 4 is 23.6 Å². The second-order valence-electron chi connectivity index (χ2n) is 8.79. The summed E-state index contributed by atoms with van der Waals surface area (Å²) < 4.78 is 7.66. The Bertz CT molecular complexity index is 1020. The van der Waals surface area contributed by atoms with Crippen molar-refractivity contribution in [3.63, 3.8) is 0 Å². The third-order valence-corrected chi connectivity index (χ3v) is 6.78. The van der Waals surface area contributed by atoms with E-state index < -0.39 is 0 Å². The van der Waals surface area contributed by atoms with E-state index in [1.165, 1.54) is 23.7 Å². The lowest BCUT2D eigenvalue weighted by molar-refractivity contribution is -0.118. The molecular weight excluding hydrogens is 422 g/mol. The molecule has 8 heteroatoms. The lowest BCUT2D eigenvalue weighted by atomic mass is 9.92. The van der Waals surface area contributed by atoms with Crippen LogP contribution < -0.4 is 10.2 Å². The zero-order valence-electron chi connectivity index (χ0n) is 19.0. The van der Waals surface area contributed by atoms with Crippen molar-refractivity contribution in [1.82, 2.24) is 20.1 Å². The van der Waals surface area contributed by atoms with Gasteiger partial charge in [-0.1, -0.05) is 49.9 Å². The number of rotatable bonds is 8. The SMILES string of the molecule is Cc1ccccc1CNC(=O)CSc1nnc(N2CC(C)CC(C)C2)n1Cc1ccco1. The van der Waals surface area contributed by atoms with Gasteiger partial charge in [0.05, 0.1) is 18.6 Å². The molecule has 3 heterocycles. The molecular formula is C24H31N5O2S. The number of piperidine rings is 1. The van der Waals surface area contributed by atoms with Crippen LogP contribution in [0.5, 0.6) is 0 Å². The topological polar surface area (TPSA) is 76.2 Å². The minimum Gasteiger partial charge on any atom is -0.467 e. The molecule has 170 valence electrons. The number of amides is 1. The molecule has 0 saturated carbocycles. The lowest BCUT2D eigenvalue weighted by Gasteiger charge is -2.35. The average Bonchev–Trinajstić information content (AvgIpc) is 3.41. The summed E-state index contributed by atoms with van der Waals surface area (Å²) in [5.74, 6) is 3.17. The van der Waals surface area contributed by atoms with Crippen molar-refractivity contribution in [3.05, 3.63) is 59.5 Å². The van der Waals surface area contributed by atoms with Crippen molar-refractivity contribution in [2.24, 2.45) is 11.8 Å². The maximum Gasteiger partial charge on any atom is 0.230 e. The Hall–Kier alpha value is -2.74. The van der Waals surface area contributed by atoms with Crippen LogP contribution in [0, 0.1) is 18.8 Å². The van der Waals surface area contributed by atoms with Gasteiger partial charge in [0.15, 0.2) is 5.16 Å². The van der Waals surface area contributed by atoms with Crippen molar-refractivity contribution < 1.29 is 9.21 Å². The summed E-state index contributed by atoms with van der Waals surface area (Å²) >= 11 is 1.41. The van der Waals surface area contributed by atoms with Gasteiger partial charge in [-0.05, 0) is 48.4 Å². The number of aromatic nitrogens is 3. The van der Waals surface area contributed by atoms with E-state index in [4.69, 9.17) is 4.42 Å². The second kappa shape index (κ2) is 10.3. The molecule has 0 bridgehead atoms. The summed E-state index contributed by atoms with van der Waals surface area (Å²) in [6, 6.07) is 11.9. The van der Waals surface area contributed by atoms with Gasteiger partial charge < -0.3 is 14.6 Å². The van der Waals surface area contributed by atoms with Crippen LogP contribution in [-0.2, 0) is 17.9 Å². The van der Waals surface area contributed by atoms with Crippen LogP contribution >= 0.6 is 11.8 Å². The monoisotopic (exact) mass is 453 g/mol. The van der Waals surface area contributed by atoms with Crippen LogP contribution in [-0.4, -0.2) is 39.5 Å². The van der Waals surface area contributed by atoms with Gasteiger partial charge in [-0.15, -0.1) is 10.2 Å². The highest BCUT2D eigenvalue weighted by Gasteiger charge is 2.27. The Kier molecular flexibility index (Phi) is 7.19. The lowest BCUT2D eigenvalue weighted by Crippen LogP contribution is -2.40. The summed E-state index contributed by atoms with van der Waals surface area (Å²) in [4.78, 5) is 14.8. The molecule has 32 heavy (non-hydrogen) atoms. The summed E-state index contributed by atoms with van der Waals surface area (Å²) in [5, 5.41) is 12.7. The molecule has 2 aromatic heterocycles. The average molecular weight is 454 g/mol. The molecule has 2 unspecified atom stereocenters. The smallest absolute Gasteiger partial charge is 0.230 e. The van der Waals surface area contributed by atoms with E-state index in [2.05, 4.69) is 51.8 Å². The molecule has 1 N–H and O–H groups in total. The highest BCUT2D eigenvalue weighted by molar-refractivity contribution is 7.99. The third-order valence-electron chi connectivity index (χ3n) is 5.81. The number of thioether (sulfide) groups is 1. The molecule has 0 radical (unpaired) electrons. The predicted octanol–water partition coefficient (Wildman–Crippen LogP) is 4.12. The molecule has 2 atom stereocenters. The molecule has 4 rings (SSSR count). The first-order valence-corrected chi connectivity index (χ1v) is 12.1. The molecule has 1 aromatic carbocycles. The summed E-state index contributed by atoms with van der Waals surface area (Å²) in [7, 11) is 0. The van der Waals surface area contributed by atoms with E-state index >= 15 is 0 Å². The second-order valence-corrected chi connectivity index (χ2v) is 9.73. The molecule has 3 aromatic rings. The summed E-state index contributed by atoms with van der Waals surface area (Å²) in [6.07, 6.45) is 2.90. The maximum absolute atomic E-state index is 12.5. The Morgan fingerprint density at radius 1 is 1.16 bits per heavy atom. The van der Waals surface area contributed by atoms with Crippen molar-refractivity contribution in [1.29, 1.82) is 0 Å². The summed E-state index contributed by atoms with van der Waals surface area (Å²) in [6.45, 7) is 9.61. The number of carbonyl (C=O) groups is 1. The van der Waals surface area contributed by atoms with Crippen molar-refractivity contribution in [2.75, 3.05) is 23.7 Å². The molecule has 1 amide bonds. The van der Waals surface area contributed by atoms with Gasteiger partial charge in [-0.3, -0.25) is 9.36 Å². The Morgan fingerprint density at radius 3 is 2.66 bits per heavy atom. The van der Waals surface area contributed by atoms with Crippen LogP contribution in [0.2, 0.25) is 0 Å². The number of benzene rings is 1. The molecule has 1 saturated heterocycles. The fraction of sp³-hybridized carbons (Fsp3) is 0.458. The fourth-order valence-corrected chi connectivity index (χ4v) is 5.09. The van der Waals surface area contributed by atoms with Crippen molar-refractivity contribution in [3.8, 4) is 0 Å². The van der Waals surface area contributed by atoms with Gasteiger partial charge >= 0.3 is 0 Å². The molecule has 1 aliphatic heterocycles. The largest absolute Gasteiger partial charge is 0.467 e. The van der Waals surface area contributed by atoms with Gasteiger partial charge in [-0.2, -0.15) is 0 Å². The molecule has 0 aliphatic carbocycles. The quantitative estimate of drug-likeness (QED) is 0.517. The normalized spacial score (nSPS) is 18.7. The van der Waals surface area contributed by atoms with Gasteiger partial charge in [0.25, 0.3) is 0 Å². The van der Waals surface area contributed by atoms with Crippen LogP contribution in [0.15, 0.2) is 52.2 Å². The highest BCUT2D eigenvalue weighted by Crippen LogP contribution is 2.29. The number of furan rings is 1. The highest BCUT2D eigenvalue weighted by atomic mass is 32.2. The van der Waals surface area contributed by atoms with Crippen molar-refractivity contribution in [2.45, 2.75) is 45.4 Å². The first-order chi connectivity index (χ1) is 15.5. The molecule has 7 nitrogen and oxygen atoms in total. The van der Waals surface area contributed by atoms with Crippen LogP contribution in [0.4, 0.5) is 5.95 Å². The van der Waals surface area contributed by atoms with Crippen LogP contribution in [0.3, 0.4) is 0 Å². The van der Waals surface area contributed by atoms with E-state index in [1.807, 2.05) is 30.3 Å². The Morgan fingerprint density at radius 2 is 1.94 bits per heavy atom. The fourth-order valence-electron chi connectivity index (χ4n) is 4.33. The zero-order valence-corrected chi connectivity index (χ0v) is 19.8. The zero-order chi connectivity index (χ0) is 22.5. The maximum atomic E-state index is 12.5. The molecule has 0 spiro atoms. The molecule has 1 fully saturated rings. The number of anilines is 1. The standard InChI is InChI=1S/C24H31N5O2S/c1-17-11-18(2)14-28(13-17)23-26-27-24(29(23)15-21-9-6-10-31-21)32-16-22(30)25-12-20-8-5-4-7-19(20)3/h4-10,17-18H,11-16H2,1-3H3,(H,25,30). The van der Waals surface area contributed by atoms with Gasteiger partial charge in [0.1, 0.15) is 5.76 Å². The van der Waals surface area contributed by atoms with Crippen LogP contribution in [0.1, 0.15) is 37.2 Å². The third kappa shape index (κ3) is 5.54. The van der Waals surface area contributed by atoms with E-state index in [0.29, 0.717) is 24.9 Å². The molecule has 1 aliphatic rings. The predicted molar refractivity (Wildman–Crippen MR) is 127 cm³/mol. The number of hydrogen-bond donors (Lipinski definition) is 1. The van der Waals surface area contributed by atoms with E-state index in [9.17, 15) is 4.79 Å². The first-order valence-electron chi connectivity index (χ1n) is 11.1. The number of carbonyl (C=O) groups excluding carboxylic acids is 1. The van der Waals surface area contributed by atoms with Gasteiger partial charge in [0.2, 0.25) is 11.9 Å². The minimum absolute atomic E-state index is 0.0208. The number of nitrogens with one attached hydrogen (secondary N) is 1. The van der Waals surface area contributed by atoms with E-state index in [0.717, 1.165) is 35.5 Å². The summed E-state index contributed by atoms with van der Waals surface area (Å²) in [5.41, 5.74) is 2.30. The van der Waals surface area contributed by atoms with E-state index in [-0.39, 0.29) is 11.7 Å². The Labute approximate surface area is 193 Å². The van der Waals surface area contributed by atoms with Gasteiger partial charge in [-0.25, -0.2) is 0 Å². The van der Waals surface area contributed by atoms with Crippen LogP contribution in [0.25, 0.3) is 0 Å².